The Morgan fingerprint density at radius 2 is 1.64 bits per heavy atom. The monoisotopic (exact) mass is 382 g/mol. The summed E-state index contributed by atoms with van der Waals surface area (Å²) < 4.78 is 14.7. The quantitative estimate of drug-likeness (QED) is 0.615. The first-order valence-electron chi connectivity index (χ1n) is 9.75. The van der Waals surface area contributed by atoms with E-state index in [1.54, 1.807) is 13.0 Å². The van der Waals surface area contributed by atoms with E-state index in [2.05, 4.69) is 10.6 Å². The number of amides is 1. The van der Waals surface area contributed by atoms with Crippen molar-refractivity contribution in [2.24, 2.45) is 0 Å². The average molecular weight is 383 g/mol. The highest BCUT2D eigenvalue weighted by atomic mass is 19.1. The minimum atomic E-state index is -0.246. The predicted molar refractivity (Wildman–Crippen MR) is 117 cm³/mol. The Balaban J connectivity index is 2.38. The predicted octanol–water partition coefficient (Wildman–Crippen LogP) is 5.86. The molecule has 0 unspecified atom stereocenters. The van der Waals surface area contributed by atoms with Crippen LogP contribution in [-0.2, 0) is 4.79 Å². The summed E-state index contributed by atoms with van der Waals surface area (Å²) >= 11 is 0. The van der Waals surface area contributed by atoms with E-state index in [-0.39, 0.29) is 23.8 Å². The first-order valence-corrected chi connectivity index (χ1v) is 9.75. The van der Waals surface area contributed by atoms with Crippen molar-refractivity contribution < 1.29 is 9.18 Å². The van der Waals surface area contributed by atoms with Gasteiger partial charge in [0.15, 0.2) is 0 Å². The Bertz CT molecular complexity index is 898. The molecule has 0 aliphatic carbocycles. The summed E-state index contributed by atoms with van der Waals surface area (Å²) in [6.07, 6.45) is 1.88. The van der Waals surface area contributed by atoms with E-state index in [4.69, 9.17) is 0 Å². The van der Waals surface area contributed by atoms with Gasteiger partial charge in [-0.3, -0.25) is 4.79 Å². The van der Waals surface area contributed by atoms with Crippen LogP contribution in [0.15, 0.2) is 35.9 Å². The smallest absolute Gasteiger partial charge is 0.247 e. The second-order valence-electron chi connectivity index (χ2n) is 7.97. The number of carbonyl (C=O) groups excluding carboxylic acids is 1. The lowest BCUT2D eigenvalue weighted by molar-refractivity contribution is -0.117. The van der Waals surface area contributed by atoms with Crippen molar-refractivity contribution in [3.8, 4) is 11.1 Å². The third kappa shape index (κ3) is 5.44. The zero-order chi connectivity index (χ0) is 21.0. The average Bonchev–Trinajstić information content (AvgIpc) is 2.57. The van der Waals surface area contributed by atoms with Gasteiger partial charge in [-0.15, -0.1) is 0 Å². The zero-order valence-electron chi connectivity index (χ0n) is 17.9. The molecular formula is C24H31FN2O. The van der Waals surface area contributed by atoms with Gasteiger partial charge in [-0.05, 0) is 95.0 Å². The molecule has 2 N–H and O–H groups in total. The van der Waals surface area contributed by atoms with Gasteiger partial charge in [-0.25, -0.2) is 4.39 Å². The molecule has 0 saturated carbocycles. The summed E-state index contributed by atoms with van der Waals surface area (Å²) in [7, 11) is 0. The molecule has 0 fully saturated rings. The molecule has 0 saturated heterocycles. The van der Waals surface area contributed by atoms with Crippen LogP contribution in [-0.4, -0.2) is 18.0 Å². The fraction of sp³-hybridized carbons (Fsp3) is 0.375. The molecule has 1 amide bonds. The fourth-order valence-electron chi connectivity index (χ4n) is 3.12. The third-order valence-corrected chi connectivity index (χ3v) is 4.48. The number of benzene rings is 2. The Morgan fingerprint density at radius 1 is 0.964 bits per heavy atom. The Labute approximate surface area is 168 Å². The van der Waals surface area contributed by atoms with Gasteiger partial charge in [0.25, 0.3) is 0 Å². The van der Waals surface area contributed by atoms with Gasteiger partial charge in [0, 0.05) is 28.9 Å². The summed E-state index contributed by atoms with van der Waals surface area (Å²) in [5.41, 5.74) is 5.82. The van der Waals surface area contributed by atoms with E-state index in [0.717, 1.165) is 27.9 Å². The molecule has 0 heterocycles. The molecule has 0 radical (unpaired) electrons. The first kappa shape index (κ1) is 21.7. The molecule has 4 heteroatoms. The zero-order valence-corrected chi connectivity index (χ0v) is 17.9. The van der Waals surface area contributed by atoms with Crippen molar-refractivity contribution in [1.82, 2.24) is 5.32 Å². The van der Waals surface area contributed by atoms with E-state index >= 15 is 0 Å². The molecule has 0 bridgehead atoms. The molecule has 2 aromatic rings. The Morgan fingerprint density at radius 3 is 2.21 bits per heavy atom. The second kappa shape index (κ2) is 9.05. The minimum Gasteiger partial charge on any atom is -0.383 e. The maximum atomic E-state index is 14.7. The number of hydrogen-bond acceptors (Lipinski definition) is 2. The molecule has 0 aliphatic rings. The van der Waals surface area contributed by atoms with Crippen LogP contribution < -0.4 is 10.6 Å². The molecule has 0 spiro atoms. The van der Waals surface area contributed by atoms with Crippen LogP contribution in [0.3, 0.4) is 0 Å². The van der Waals surface area contributed by atoms with E-state index in [1.807, 2.05) is 71.9 Å². The number of halogens is 1. The Kier molecular flexibility index (Phi) is 7.00. The summed E-state index contributed by atoms with van der Waals surface area (Å²) in [5, 5.41) is 6.12. The van der Waals surface area contributed by atoms with E-state index in [1.165, 1.54) is 0 Å². The molecule has 0 aliphatic heterocycles. The van der Waals surface area contributed by atoms with Crippen LogP contribution in [0.2, 0.25) is 0 Å². The van der Waals surface area contributed by atoms with Crippen LogP contribution in [0.1, 0.15) is 51.3 Å². The van der Waals surface area contributed by atoms with E-state index < -0.39 is 0 Å². The van der Waals surface area contributed by atoms with Gasteiger partial charge in [0.05, 0.1) is 0 Å². The molecule has 3 nitrogen and oxygen atoms in total. The van der Waals surface area contributed by atoms with Crippen LogP contribution >= 0.6 is 0 Å². The van der Waals surface area contributed by atoms with Gasteiger partial charge >= 0.3 is 0 Å². The first-order chi connectivity index (χ1) is 13.1. The van der Waals surface area contributed by atoms with Crippen LogP contribution in [0.25, 0.3) is 17.2 Å². The molecule has 2 aromatic carbocycles. The maximum absolute atomic E-state index is 14.7. The lowest BCUT2D eigenvalue weighted by Crippen LogP contribution is -2.30. The second-order valence-corrected chi connectivity index (χ2v) is 7.97. The lowest BCUT2D eigenvalue weighted by Gasteiger charge is -2.15. The third-order valence-electron chi connectivity index (χ3n) is 4.48. The molecule has 2 rings (SSSR count). The molecule has 28 heavy (non-hydrogen) atoms. The van der Waals surface area contributed by atoms with E-state index in [0.29, 0.717) is 11.1 Å². The standard InChI is InChI=1S/C24H31FN2O/c1-14(2)26-20-8-9-21(23(25)13-20)22-12-16(5)19(10-17(22)6)11-18(7)24(28)27-15(3)4/h8-15,26H,1-7H3,(H,27,28)/b18-11+. The van der Waals surface area contributed by atoms with Crippen molar-refractivity contribution in [2.45, 2.75) is 60.5 Å². The van der Waals surface area contributed by atoms with Crippen LogP contribution in [0.4, 0.5) is 10.1 Å². The number of anilines is 1. The highest BCUT2D eigenvalue weighted by Gasteiger charge is 2.12. The summed E-state index contributed by atoms with van der Waals surface area (Å²) in [5.74, 6) is -0.320. The summed E-state index contributed by atoms with van der Waals surface area (Å²) in [4.78, 5) is 12.2. The SMILES string of the molecule is C/C(=C\c1cc(C)c(-c2ccc(NC(C)C)cc2F)cc1C)C(=O)NC(C)C. The topological polar surface area (TPSA) is 41.1 Å². The highest BCUT2D eigenvalue weighted by molar-refractivity contribution is 5.97. The van der Waals surface area contributed by atoms with Crippen molar-refractivity contribution in [3.05, 3.63) is 58.4 Å². The lowest BCUT2D eigenvalue weighted by atomic mass is 9.93. The number of aryl methyl sites for hydroxylation is 2. The number of hydrogen-bond donors (Lipinski definition) is 2. The van der Waals surface area contributed by atoms with Crippen molar-refractivity contribution in [2.75, 3.05) is 5.32 Å². The van der Waals surface area contributed by atoms with Crippen molar-refractivity contribution >= 4 is 17.7 Å². The maximum Gasteiger partial charge on any atom is 0.247 e. The van der Waals surface area contributed by atoms with Gasteiger partial charge in [-0.2, -0.15) is 0 Å². The Hall–Kier alpha value is -2.62. The highest BCUT2D eigenvalue weighted by Crippen LogP contribution is 2.31. The van der Waals surface area contributed by atoms with Gasteiger partial charge < -0.3 is 10.6 Å². The number of rotatable bonds is 6. The summed E-state index contributed by atoms with van der Waals surface area (Å²) in [6.45, 7) is 13.7. The summed E-state index contributed by atoms with van der Waals surface area (Å²) in [6, 6.07) is 9.60. The van der Waals surface area contributed by atoms with Crippen LogP contribution in [0.5, 0.6) is 0 Å². The van der Waals surface area contributed by atoms with Crippen LogP contribution in [0, 0.1) is 19.7 Å². The molecular weight excluding hydrogens is 351 g/mol. The van der Waals surface area contributed by atoms with Crippen molar-refractivity contribution in [1.29, 1.82) is 0 Å². The van der Waals surface area contributed by atoms with Gasteiger partial charge in [-0.1, -0.05) is 12.1 Å². The van der Waals surface area contributed by atoms with Gasteiger partial charge in [0.1, 0.15) is 5.82 Å². The number of carbonyl (C=O) groups is 1. The molecule has 0 aromatic heterocycles. The fourth-order valence-corrected chi connectivity index (χ4v) is 3.12. The minimum absolute atomic E-state index is 0.0737. The largest absolute Gasteiger partial charge is 0.383 e. The molecule has 150 valence electrons. The van der Waals surface area contributed by atoms with Gasteiger partial charge in [0.2, 0.25) is 5.91 Å². The number of nitrogens with one attached hydrogen (secondary N) is 2. The molecule has 0 atom stereocenters. The normalized spacial score (nSPS) is 11.9. The van der Waals surface area contributed by atoms with E-state index in [9.17, 15) is 9.18 Å². The van der Waals surface area contributed by atoms with Crippen molar-refractivity contribution in [3.63, 3.8) is 0 Å².